The summed E-state index contributed by atoms with van der Waals surface area (Å²) < 4.78 is 37.8. The van der Waals surface area contributed by atoms with Gasteiger partial charge in [0.15, 0.2) is 11.5 Å². The van der Waals surface area contributed by atoms with Crippen LogP contribution in [0, 0.1) is 0 Å². The summed E-state index contributed by atoms with van der Waals surface area (Å²) in [6.45, 7) is 5.15. The molecule has 0 aliphatic carbocycles. The van der Waals surface area contributed by atoms with Gasteiger partial charge in [0, 0.05) is 19.2 Å². The molecule has 1 aromatic carbocycles. The largest absolute Gasteiger partial charge is 0.493 e. The van der Waals surface area contributed by atoms with Crippen molar-refractivity contribution in [3.8, 4) is 11.5 Å². The van der Waals surface area contributed by atoms with Crippen molar-refractivity contribution in [3.63, 3.8) is 0 Å². The second-order valence-electron chi connectivity index (χ2n) is 6.11. The highest BCUT2D eigenvalue weighted by molar-refractivity contribution is 7.89. The molecule has 0 amide bonds. The van der Waals surface area contributed by atoms with Gasteiger partial charge >= 0.3 is 0 Å². The van der Waals surface area contributed by atoms with Crippen molar-refractivity contribution < 1.29 is 17.9 Å². The van der Waals surface area contributed by atoms with Gasteiger partial charge in [0.05, 0.1) is 19.1 Å². The Hall–Kier alpha value is -1.31. The van der Waals surface area contributed by atoms with E-state index in [1.165, 1.54) is 24.6 Å². The first-order chi connectivity index (χ1) is 11.4. The summed E-state index contributed by atoms with van der Waals surface area (Å²) in [5.74, 6) is 0.941. The number of likely N-dealkylation sites (tertiary alicyclic amines) is 1. The second kappa shape index (κ2) is 8.18. The molecule has 1 aliphatic heterocycles. The Morgan fingerprint density at radius 3 is 2.33 bits per heavy atom. The van der Waals surface area contributed by atoms with E-state index in [1.807, 2.05) is 0 Å². The van der Waals surface area contributed by atoms with Gasteiger partial charge in [0.25, 0.3) is 0 Å². The topological polar surface area (TPSA) is 59.1 Å². The van der Waals surface area contributed by atoms with Gasteiger partial charge in [0.2, 0.25) is 10.0 Å². The molecule has 1 fully saturated rings. The van der Waals surface area contributed by atoms with Crippen molar-refractivity contribution >= 4 is 10.0 Å². The number of methoxy groups -OCH3 is 2. The van der Waals surface area contributed by atoms with Gasteiger partial charge in [-0.3, -0.25) is 0 Å². The molecule has 0 saturated carbocycles. The van der Waals surface area contributed by atoms with Gasteiger partial charge < -0.3 is 14.4 Å². The molecular formula is C17H28N2O4S. The molecule has 1 saturated heterocycles. The van der Waals surface area contributed by atoms with Crippen LogP contribution in [0.4, 0.5) is 0 Å². The van der Waals surface area contributed by atoms with Crippen molar-refractivity contribution in [1.29, 1.82) is 0 Å². The quantitative estimate of drug-likeness (QED) is 0.750. The molecule has 0 N–H and O–H groups in total. The monoisotopic (exact) mass is 356 g/mol. The van der Waals surface area contributed by atoms with Gasteiger partial charge in [-0.05, 0) is 51.0 Å². The first-order valence-electron chi connectivity index (χ1n) is 8.36. The molecule has 1 heterocycles. The maximum absolute atomic E-state index is 12.9. The first kappa shape index (κ1) is 19.0. The van der Waals surface area contributed by atoms with E-state index in [0.29, 0.717) is 11.5 Å². The fourth-order valence-electron chi connectivity index (χ4n) is 3.16. The normalized spacial score (nSPS) is 17.2. The predicted octanol–water partition coefficient (Wildman–Crippen LogP) is 2.20. The lowest BCUT2D eigenvalue weighted by molar-refractivity contribution is 0.170. The summed E-state index contributed by atoms with van der Waals surface area (Å²) in [4.78, 5) is 2.63. The SMILES string of the molecule is CCCN1CCC(N(C)S(=O)(=O)c2ccc(OC)c(OC)c2)CC1. The van der Waals surface area contributed by atoms with E-state index < -0.39 is 10.0 Å². The van der Waals surface area contributed by atoms with Crippen molar-refractivity contribution in [3.05, 3.63) is 18.2 Å². The van der Waals surface area contributed by atoms with Crippen LogP contribution in [0.5, 0.6) is 11.5 Å². The number of sulfonamides is 1. The van der Waals surface area contributed by atoms with Crippen LogP contribution >= 0.6 is 0 Å². The Kier molecular flexibility index (Phi) is 6.48. The minimum atomic E-state index is -3.55. The Balaban J connectivity index is 2.15. The Morgan fingerprint density at radius 1 is 1.17 bits per heavy atom. The Bertz CT molecular complexity index is 640. The molecule has 6 nitrogen and oxygen atoms in total. The molecule has 0 unspecified atom stereocenters. The number of hydrogen-bond donors (Lipinski definition) is 0. The standard InChI is InChI=1S/C17H28N2O4S/c1-5-10-19-11-8-14(9-12-19)18(2)24(20,21)15-6-7-16(22-3)17(13-15)23-4/h6-7,13-14H,5,8-12H2,1-4H3. The fraction of sp³-hybridized carbons (Fsp3) is 0.647. The molecule has 7 heteroatoms. The lowest BCUT2D eigenvalue weighted by Gasteiger charge is -2.36. The van der Waals surface area contributed by atoms with E-state index >= 15 is 0 Å². The second-order valence-corrected chi connectivity index (χ2v) is 8.11. The molecule has 0 atom stereocenters. The van der Waals surface area contributed by atoms with Crippen LogP contribution in [0.15, 0.2) is 23.1 Å². The fourth-order valence-corrected chi connectivity index (χ4v) is 4.59. The highest BCUT2D eigenvalue weighted by atomic mass is 32.2. The van der Waals surface area contributed by atoms with Crippen LogP contribution in [0.25, 0.3) is 0 Å². The Labute approximate surface area is 145 Å². The third-order valence-corrected chi connectivity index (χ3v) is 6.55. The average molecular weight is 356 g/mol. The maximum Gasteiger partial charge on any atom is 0.243 e. The van der Waals surface area contributed by atoms with Crippen molar-refractivity contribution in [2.45, 2.75) is 37.1 Å². The summed E-state index contributed by atoms with van der Waals surface area (Å²) in [5.41, 5.74) is 0. The summed E-state index contributed by atoms with van der Waals surface area (Å²) in [7, 11) is 1.16. The zero-order valence-electron chi connectivity index (χ0n) is 15.0. The summed E-state index contributed by atoms with van der Waals surface area (Å²) in [6, 6.07) is 4.76. The third kappa shape index (κ3) is 4.02. The highest BCUT2D eigenvalue weighted by Gasteiger charge is 2.31. The molecule has 0 aromatic heterocycles. The number of hydrogen-bond acceptors (Lipinski definition) is 5. The van der Waals surface area contributed by atoms with Crippen LogP contribution in [0.3, 0.4) is 0 Å². The van der Waals surface area contributed by atoms with E-state index in [2.05, 4.69) is 11.8 Å². The molecular weight excluding hydrogens is 328 g/mol. The third-order valence-electron chi connectivity index (χ3n) is 4.64. The zero-order valence-corrected chi connectivity index (χ0v) is 15.8. The molecule has 136 valence electrons. The molecule has 1 aliphatic rings. The zero-order chi connectivity index (χ0) is 17.7. The highest BCUT2D eigenvalue weighted by Crippen LogP contribution is 2.31. The lowest BCUT2D eigenvalue weighted by atomic mass is 10.1. The van der Waals surface area contributed by atoms with Gasteiger partial charge in [0.1, 0.15) is 0 Å². The predicted molar refractivity (Wildman–Crippen MR) is 94.2 cm³/mol. The first-order valence-corrected chi connectivity index (χ1v) is 9.80. The van der Waals surface area contributed by atoms with Gasteiger partial charge in [-0.15, -0.1) is 0 Å². The van der Waals surface area contributed by atoms with Crippen molar-refractivity contribution in [2.24, 2.45) is 0 Å². The van der Waals surface area contributed by atoms with Crippen LogP contribution < -0.4 is 9.47 Å². The van der Waals surface area contributed by atoms with Crippen molar-refractivity contribution in [2.75, 3.05) is 40.9 Å². The van der Waals surface area contributed by atoms with Crippen LogP contribution in [-0.2, 0) is 10.0 Å². The van der Waals surface area contributed by atoms with E-state index in [4.69, 9.17) is 9.47 Å². The number of rotatable bonds is 7. The minimum absolute atomic E-state index is 0.0382. The molecule has 0 bridgehead atoms. The van der Waals surface area contributed by atoms with Crippen LogP contribution in [-0.4, -0.2) is 64.6 Å². The van der Waals surface area contributed by atoms with Gasteiger partial charge in [-0.1, -0.05) is 6.92 Å². The van der Waals surface area contributed by atoms with Crippen molar-refractivity contribution in [1.82, 2.24) is 9.21 Å². The smallest absolute Gasteiger partial charge is 0.243 e. The lowest BCUT2D eigenvalue weighted by Crippen LogP contribution is -2.45. The van der Waals surface area contributed by atoms with Gasteiger partial charge in [-0.25, -0.2) is 8.42 Å². The van der Waals surface area contributed by atoms with E-state index in [1.54, 1.807) is 19.2 Å². The van der Waals surface area contributed by atoms with Gasteiger partial charge in [-0.2, -0.15) is 4.31 Å². The summed E-state index contributed by atoms with van der Waals surface area (Å²) >= 11 is 0. The number of piperidine rings is 1. The van der Waals surface area contributed by atoms with E-state index in [9.17, 15) is 8.42 Å². The number of ether oxygens (including phenoxy) is 2. The molecule has 24 heavy (non-hydrogen) atoms. The molecule has 0 radical (unpaired) electrons. The molecule has 1 aromatic rings. The summed E-state index contributed by atoms with van der Waals surface area (Å²) in [6.07, 6.45) is 2.86. The van der Waals surface area contributed by atoms with E-state index in [0.717, 1.165) is 38.9 Å². The Morgan fingerprint density at radius 2 is 1.79 bits per heavy atom. The van der Waals surface area contributed by atoms with E-state index in [-0.39, 0.29) is 10.9 Å². The number of nitrogens with zero attached hydrogens (tertiary/aromatic N) is 2. The minimum Gasteiger partial charge on any atom is -0.493 e. The molecule has 0 spiro atoms. The average Bonchev–Trinajstić information content (AvgIpc) is 2.61. The number of benzene rings is 1. The van der Waals surface area contributed by atoms with Crippen LogP contribution in [0.2, 0.25) is 0 Å². The maximum atomic E-state index is 12.9. The van der Waals surface area contributed by atoms with Crippen LogP contribution in [0.1, 0.15) is 26.2 Å². The molecule has 2 rings (SSSR count). The summed E-state index contributed by atoms with van der Waals surface area (Å²) in [5, 5.41) is 0.